The molecule has 0 aromatic heterocycles. The highest BCUT2D eigenvalue weighted by molar-refractivity contribution is 6.22. The van der Waals surface area contributed by atoms with Crippen LogP contribution in [0.1, 0.15) is 26.3 Å². The molecule has 0 N–H and O–H groups in total. The summed E-state index contributed by atoms with van der Waals surface area (Å²) >= 11 is 0. The Hall–Kier alpha value is -3.15. The van der Waals surface area contributed by atoms with Crippen molar-refractivity contribution in [2.24, 2.45) is 0 Å². The maximum atomic E-state index is 12.2. The number of hydrogen-bond donors (Lipinski definition) is 0. The van der Waals surface area contributed by atoms with Crippen molar-refractivity contribution in [2.75, 3.05) is 19.8 Å². The van der Waals surface area contributed by atoms with Crippen LogP contribution in [0.4, 0.5) is 0 Å². The van der Waals surface area contributed by atoms with Gasteiger partial charge in [-0.15, -0.1) is 0 Å². The van der Waals surface area contributed by atoms with Crippen molar-refractivity contribution in [1.82, 2.24) is 4.90 Å². The molecule has 25 heavy (non-hydrogen) atoms. The molecule has 6 nitrogen and oxygen atoms in total. The molecule has 0 saturated carbocycles. The molecular formula is C19H17NO5. The Morgan fingerprint density at radius 1 is 0.920 bits per heavy atom. The number of para-hydroxylation sites is 1. The summed E-state index contributed by atoms with van der Waals surface area (Å²) in [4.78, 5) is 37.1. The van der Waals surface area contributed by atoms with E-state index in [1.54, 1.807) is 24.3 Å². The van der Waals surface area contributed by atoms with E-state index in [2.05, 4.69) is 0 Å². The van der Waals surface area contributed by atoms with Gasteiger partial charge in [0.05, 0.1) is 11.1 Å². The molecule has 6 heteroatoms. The van der Waals surface area contributed by atoms with Crippen LogP contribution in [0.15, 0.2) is 48.5 Å². The number of amides is 2. The molecule has 1 heterocycles. The van der Waals surface area contributed by atoms with Crippen LogP contribution in [0, 0.1) is 6.92 Å². The molecule has 2 aromatic carbocycles. The number of nitrogens with zero attached hydrogens (tertiary/aromatic N) is 1. The van der Waals surface area contributed by atoms with E-state index in [4.69, 9.17) is 9.47 Å². The van der Waals surface area contributed by atoms with Crippen LogP contribution >= 0.6 is 0 Å². The highest BCUT2D eigenvalue weighted by Gasteiger charge is 2.36. The van der Waals surface area contributed by atoms with Crippen LogP contribution in [0.25, 0.3) is 0 Å². The lowest BCUT2D eigenvalue weighted by atomic mass is 10.1. The van der Waals surface area contributed by atoms with Crippen LogP contribution in [-0.2, 0) is 9.53 Å². The molecule has 1 aliphatic rings. The Kier molecular flexibility index (Phi) is 4.79. The molecule has 0 spiro atoms. The summed E-state index contributed by atoms with van der Waals surface area (Å²) in [5.41, 5.74) is 1.60. The molecule has 2 amide bonds. The minimum absolute atomic E-state index is 0.0380. The molecule has 2 aromatic rings. The molecule has 0 unspecified atom stereocenters. The lowest BCUT2D eigenvalue weighted by Crippen LogP contribution is -2.36. The molecule has 128 valence electrons. The van der Waals surface area contributed by atoms with Crippen LogP contribution in [0.2, 0.25) is 0 Å². The number of esters is 1. The first kappa shape index (κ1) is 16.7. The monoisotopic (exact) mass is 339 g/mol. The normalized spacial score (nSPS) is 12.9. The quantitative estimate of drug-likeness (QED) is 0.458. The zero-order valence-corrected chi connectivity index (χ0v) is 13.7. The fourth-order valence-corrected chi connectivity index (χ4v) is 2.58. The summed E-state index contributed by atoms with van der Waals surface area (Å²) in [6.07, 6.45) is 0. The van der Waals surface area contributed by atoms with Crippen molar-refractivity contribution in [3.63, 3.8) is 0 Å². The minimum Gasteiger partial charge on any atom is -0.490 e. The van der Waals surface area contributed by atoms with E-state index in [0.717, 1.165) is 16.2 Å². The van der Waals surface area contributed by atoms with Gasteiger partial charge in [-0.2, -0.15) is 0 Å². The third-order valence-electron chi connectivity index (χ3n) is 3.86. The van der Waals surface area contributed by atoms with Crippen molar-refractivity contribution in [3.05, 3.63) is 65.2 Å². The predicted octanol–water partition coefficient (Wildman–Crippen LogP) is 2.21. The fourth-order valence-electron chi connectivity index (χ4n) is 2.58. The summed E-state index contributed by atoms with van der Waals surface area (Å²) in [6.45, 7) is 1.75. The third kappa shape index (κ3) is 3.52. The second-order valence-electron chi connectivity index (χ2n) is 5.58. The Morgan fingerprint density at radius 2 is 1.52 bits per heavy atom. The summed E-state index contributed by atoms with van der Waals surface area (Å²) in [6, 6.07) is 14.0. The Morgan fingerprint density at radius 3 is 2.16 bits per heavy atom. The smallest absolute Gasteiger partial charge is 0.326 e. The number of carbonyl (C=O) groups is 3. The van der Waals surface area contributed by atoms with Gasteiger partial charge >= 0.3 is 5.97 Å². The molecule has 0 saturated heterocycles. The molecule has 0 aliphatic carbocycles. The second-order valence-corrected chi connectivity index (χ2v) is 5.58. The zero-order chi connectivity index (χ0) is 17.8. The van der Waals surface area contributed by atoms with Crippen molar-refractivity contribution >= 4 is 17.8 Å². The van der Waals surface area contributed by atoms with Gasteiger partial charge in [-0.05, 0) is 30.7 Å². The van der Waals surface area contributed by atoms with E-state index in [1.165, 1.54) is 0 Å². The van der Waals surface area contributed by atoms with Gasteiger partial charge in [0.1, 0.15) is 25.5 Å². The van der Waals surface area contributed by atoms with Crippen molar-refractivity contribution in [1.29, 1.82) is 0 Å². The van der Waals surface area contributed by atoms with Crippen LogP contribution in [0.5, 0.6) is 5.75 Å². The maximum Gasteiger partial charge on any atom is 0.326 e. The summed E-state index contributed by atoms with van der Waals surface area (Å²) in [5, 5.41) is 0. The zero-order valence-electron chi connectivity index (χ0n) is 13.7. The average molecular weight is 339 g/mol. The molecule has 3 rings (SSSR count). The topological polar surface area (TPSA) is 72.9 Å². The first-order valence-electron chi connectivity index (χ1n) is 7.87. The SMILES string of the molecule is Cc1ccccc1OCCOC(=O)CN1C(=O)c2ccccc2C1=O. The average Bonchev–Trinajstić information content (AvgIpc) is 2.85. The number of carbonyl (C=O) groups excluding carboxylic acids is 3. The van der Waals surface area contributed by atoms with E-state index in [1.807, 2.05) is 31.2 Å². The highest BCUT2D eigenvalue weighted by atomic mass is 16.6. The number of imide groups is 1. The standard InChI is InChI=1S/C19H17NO5/c1-13-6-2-5-9-16(13)24-10-11-25-17(21)12-20-18(22)14-7-3-4-8-15(14)19(20)23/h2-9H,10-12H2,1H3. The molecule has 0 bridgehead atoms. The van der Waals surface area contributed by atoms with Crippen LogP contribution < -0.4 is 4.74 Å². The third-order valence-corrected chi connectivity index (χ3v) is 3.86. The van der Waals surface area contributed by atoms with Gasteiger partial charge in [0.25, 0.3) is 11.8 Å². The first-order valence-corrected chi connectivity index (χ1v) is 7.87. The second kappa shape index (κ2) is 7.17. The molecule has 0 radical (unpaired) electrons. The summed E-state index contributed by atoms with van der Waals surface area (Å²) in [5.74, 6) is -0.885. The number of ether oxygens (including phenoxy) is 2. The predicted molar refractivity (Wildman–Crippen MR) is 89.4 cm³/mol. The van der Waals surface area contributed by atoms with Crippen molar-refractivity contribution in [2.45, 2.75) is 6.92 Å². The lowest BCUT2D eigenvalue weighted by molar-refractivity contribution is -0.144. The van der Waals surface area contributed by atoms with E-state index in [-0.39, 0.29) is 13.2 Å². The number of fused-ring (bicyclic) bond motifs is 1. The first-order chi connectivity index (χ1) is 12.1. The van der Waals surface area contributed by atoms with Gasteiger partial charge in [-0.3, -0.25) is 19.3 Å². The summed E-state index contributed by atoms with van der Waals surface area (Å²) in [7, 11) is 0. The Balaban J connectivity index is 1.48. The lowest BCUT2D eigenvalue weighted by Gasteiger charge is -2.13. The highest BCUT2D eigenvalue weighted by Crippen LogP contribution is 2.22. The van der Waals surface area contributed by atoms with E-state index in [9.17, 15) is 14.4 Å². The maximum absolute atomic E-state index is 12.2. The number of aryl methyl sites for hydroxylation is 1. The number of benzene rings is 2. The minimum atomic E-state index is -0.650. The van der Waals surface area contributed by atoms with Crippen LogP contribution in [-0.4, -0.2) is 42.4 Å². The molecule has 0 fully saturated rings. The van der Waals surface area contributed by atoms with Crippen LogP contribution in [0.3, 0.4) is 0 Å². The largest absolute Gasteiger partial charge is 0.490 e. The van der Waals surface area contributed by atoms with Gasteiger partial charge in [0.15, 0.2) is 0 Å². The van der Waals surface area contributed by atoms with E-state index < -0.39 is 24.3 Å². The van der Waals surface area contributed by atoms with Crippen molar-refractivity contribution in [3.8, 4) is 5.75 Å². The van der Waals surface area contributed by atoms with Gasteiger partial charge in [-0.1, -0.05) is 30.3 Å². The van der Waals surface area contributed by atoms with E-state index in [0.29, 0.717) is 11.1 Å². The Labute approximate surface area is 145 Å². The summed E-state index contributed by atoms with van der Waals surface area (Å²) < 4.78 is 10.6. The fraction of sp³-hybridized carbons (Fsp3) is 0.211. The van der Waals surface area contributed by atoms with Gasteiger partial charge in [-0.25, -0.2) is 0 Å². The Bertz CT molecular complexity index is 795. The molecule has 1 aliphatic heterocycles. The van der Waals surface area contributed by atoms with Crippen molar-refractivity contribution < 1.29 is 23.9 Å². The van der Waals surface area contributed by atoms with Gasteiger partial charge in [0, 0.05) is 0 Å². The molecular weight excluding hydrogens is 322 g/mol. The van der Waals surface area contributed by atoms with Gasteiger partial charge in [0.2, 0.25) is 0 Å². The van der Waals surface area contributed by atoms with Gasteiger partial charge < -0.3 is 9.47 Å². The molecule has 0 atom stereocenters. The number of hydrogen-bond acceptors (Lipinski definition) is 5. The van der Waals surface area contributed by atoms with E-state index >= 15 is 0 Å². The number of rotatable bonds is 6.